The fourth-order valence-electron chi connectivity index (χ4n) is 4.30. The van der Waals surface area contributed by atoms with Crippen molar-refractivity contribution < 1.29 is 18.7 Å². The molecule has 1 atom stereocenters. The number of ether oxygens (including phenoxy) is 1. The maximum atomic E-state index is 13.4. The summed E-state index contributed by atoms with van der Waals surface area (Å²) in [4.78, 5) is 26.5. The highest BCUT2D eigenvalue weighted by molar-refractivity contribution is 6.01. The van der Waals surface area contributed by atoms with Crippen LogP contribution in [0.15, 0.2) is 95.6 Å². The van der Waals surface area contributed by atoms with Crippen molar-refractivity contribution in [2.24, 2.45) is 0 Å². The van der Waals surface area contributed by atoms with E-state index in [4.69, 9.17) is 9.15 Å². The van der Waals surface area contributed by atoms with E-state index in [2.05, 4.69) is 11.4 Å². The molecule has 1 N–H and O–H groups in total. The van der Waals surface area contributed by atoms with E-state index in [1.807, 2.05) is 78.9 Å². The van der Waals surface area contributed by atoms with Crippen LogP contribution in [0.4, 0.5) is 5.69 Å². The Morgan fingerprint density at radius 2 is 1.80 bits per heavy atom. The first kappa shape index (κ1) is 22.5. The van der Waals surface area contributed by atoms with Crippen molar-refractivity contribution in [1.82, 2.24) is 4.90 Å². The van der Waals surface area contributed by atoms with E-state index in [0.29, 0.717) is 25.1 Å². The van der Waals surface area contributed by atoms with Crippen molar-refractivity contribution in [3.8, 4) is 5.75 Å². The Hall–Kier alpha value is -4.32. The number of benzene rings is 3. The Balaban J connectivity index is 1.36. The van der Waals surface area contributed by atoms with E-state index >= 15 is 0 Å². The number of amides is 1. The van der Waals surface area contributed by atoms with Crippen molar-refractivity contribution in [3.63, 3.8) is 0 Å². The lowest BCUT2D eigenvalue weighted by Gasteiger charge is -2.37. The minimum Gasteiger partial charge on any atom is -0.489 e. The maximum Gasteiger partial charge on any atom is 0.258 e. The first-order valence-corrected chi connectivity index (χ1v) is 11.6. The number of ketones is 1. The average molecular weight is 467 g/mol. The monoisotopic (exact) mass is 466 g/mol. The third-order valence-corrected chi connectivity index (χ3v) is 5.98. The smallest absolute Gasteiger partial charge is 0.258 e. The highest BCUT2D eigenvalue weighted by atomic mass is 16.5. The molecule has 35 heavy (non-hydrogen) atoms. The molecular weight excluding hydrogens is 440 g/mol. The molecule has 0 spiro atoms. The Morgan fingerprint density at radius 3 is 2.57 bits per heavy atom. The first-order chi connectivity index (χ1) is 17.1. The molecule has 4 aromatic rings. The molecule has 6 heteroatoms. The standard InChI is InChI=1S/C29H26N2O4/c1-20(32)16-21-11-13-24(14-12-21)35-19-22-6-4-7-23(17-22)28-30-27-10-3-2-9-26(27)29(33)31(28)18-25-8-5-15-34-25/h2-15,17,28,30H,16,18-19H2,1H3. The second-order valence-corrected chi connectivity index (χ2v) is 8.66. The number of hydrogen-bond donors (Lipinski definition) is 1. The topological polar surface area (TPSA) is 71.8 Å². The molecule has 1 unspecified atom stereocenters. The van der Waals surface area contributed by atoms with E-state index in [-0.39, 0.29) is 17.9 Å². The number of hydrogen-bond acceptors (Lipinski definition) is 5. The molecule has 1 aliphatic rings. The van der Waals surface area contributed by atoms with Crippen LogP contribution in [0.5, 0.6) is 5.75 Å². The molecule has 0 radical (unpaired) electrons. The SMILES string of the molecule is CC(=O)Cc1ccc(OCc2cccc(C3Nc4ccccc4C(=O)N3Cc3ccco3)c2)cc1. The minimum absolute atomic E-state index is 0.0481. The Kier molecular flexibility index (Phi) is 6.35. The molecule has 0 saturated carbocycles. The van der Waals surface area contributed by atoms with Crippen LogP contribution >= 0.6 is 0 Å². The van der Waals surface area contributed by atoms with Crippen LogP contribution < -0.4 is 10.1 Å². The number of nitrogens with one attached hydrogen (secondary N) is 1. The largest absolute Gasteiger partial charge is 0.489 e. The van der Waals surface area contributed by atoms with E-state index in [1.54, 1.807) is 18.1 Å². The van der Waals surface area contributed by atoms with Gasteiger partial charge >= 0.3 is 0 Å². The molecule has 176 valence electrons. The number of rotatable bonds is 8. The summed E-state index contributed by atoms with van der Waals surface area (Å²) in [5, 5.41) is 3.52. The van der Waals surface area contributed by atoms with Gasteiger partial charge < -0.3 is 19.4 Å². The quantitative estimate of drug-likeness (QED) is 0.358. The molecule has 1 aromatic heterocycles. The van der Waals surface area contributed by atoms with Gasteiger partial charge in [-0.1, -0.05) is 42.5 Å². The molecule has 0 aliphatic carbocycles. The number of carbonyl (C=O) groups excluding carboxylic acids is 2. The summed E-state index contributed by atoms with van der Waals surface area (Å²) in [6.45, 7) is 2.32. The van der Waals surface area contributed by atoms with Crippen LogP contribution in [-0.2, 0) is 24.4 Å². The van der Waals surface area contributed by atoms with Gasteiger partial charge in [-0.15, -0.1) is 0 Å². The van der Waals surface area contributed by atoms with Gasteiger partial charge in [-0.05, 0) is 66.1 Å². The van der Waals surface area contributed by atoms with Gasteiger partial charge in [-0.2, -0.15) is 0 Å². The molecule has 0 saturated heterocycles. The number of fused-ring (bicyclic) bond motifs is 1. The normalized spacial score (nSPS) is 14.8. The lowest BCUT2D eigenvalue weighted by molar-refractivity contribution is -0.116. The summed E-state index contributed by atoms with van der Waals surface area (Å²) in [6.07, 6.45) is 1.69. The summed E-state index contributed by atoms with van der Waals surface area (Å²) >= 11 is 0. The van der Waals surface area contributed by atoms with Crippen LogP contribution in [-0.4, -0.2) is 16.6 Å². The van der Waals surface area contributed by atoms with Gasteiger partial charge in [-0.25, -0.2) is 0 Å². The average Bonchev–Trinajstić information content (AvgIpc) is 3.38. The maximum absolute atomic E-state index is 13.4. The van der Waals surface area contributed by atoms with Gasteiger partial charge in [0.1, 0.15) is 30.1 Å². The highest BCUT2D eigenvalue weighted by Crippen LogP contribution is 2.34. The van der Waals surface area contributed by atoms with Crippen LogP contribution in [0.3, 0.4) is 0 Å². The fourth-order valence-corrected chi connectivity index (χ4v) is 4.30. The van der Waals surface area contributed by atoms with E-state index in [1.165, 1.54) is 0 Å². The predicted molar refractivity (Wildman–Crippen MR) is 133 cm³/mol. The van der Waals surface area contributed by atoms with Crippen molar-refractivity contribution in [2.45, 2.75) is 32.7 Å². The molecule has 2 heterocycles. The summed E-state index contributed by atoms with van der Waals surface area (Å²) in [7, 11) is 0. The van der Waals surface area contributed by atoms with Crippen molar-refractivity contribution in [1.29, 1.82) is 0 Å². The molecule has 3 aromatic carbocycles. The molecular formula is C29H26N2O4. The number of Topliss-reactive ketones (excluding diaryl/α,β-unsaturated/α-hetero) is 1. The van der Waals surface area contributed by atoms with Crippen LogP contribution in [0, 0.1) is 0 Å². The van der Waals surface area contributed by atoms with E-state index in [9.17, 15) is 9.59 Å². The summed E-state index contributed by atoms with van der Waals surface area (Å²) < 4.78 is 11.5. The van der Waals surface area contributed by atoms with Gasteiger partial charge in [0.05, 0.1) is 18.4 Å². The number of nitrogens with zero attached hydrogens (tertiary/aromatic N) is 1. The third kappa shape index (κ3) is 5.11. The van der Waals surface area contributed by atoms with Gasteiger partial charge in [0.15, 0.2) is 0 Å². The number of furan rings is 1. The van der Waals surface area contributed by atoms with Crippen LogP contribution in [0.25, 0.3) is 0 Å². The number of carbonyl (C=O) groups is 2. The van der Waals surface area contributed by atoms with Gasteiger partial charge in [-0.3, -0.25) is 9.59 Å². The molecule has 0 bridgehead atoms. The summed E-state index contributed by atoms with van der Waals surface area (Å²) in [6, 6.07) is 26.9. The zero-order valence-corrected chi connectivity index (χ0v) is 19.4. The molecule has 6 nitrogen and oxygen atoms in total. The van der Waals surface area contributed by atoms with Gasteiger partial charge in [0, 0.05) is 12.1 Å². The van der Waals surface area contributed by atoms with Crippen LogP contribution in [0.1, 0.15) is 45.9 Å². The fraction of sp³-hybridized carbons (Fsp3) is 0.172. The Morgan fingerprint density at radius 1 is 0.971 bits per heavy atom. The Labute approximate surface area is 204 Å². The minimum atomic E-state index is -0.353. The highest BCUT2D eigenvalue weighted by Gasteiger charge is 2.33. The van der Waals surface area contributed by atoms with Gasteiger partial charge in [0.2, 0.25) is 0 Å². The van der Waals surface area contributed by atoms with Gasteiger partial charge in [0.25, 0.3) is 5.91 Å². The Bertz CT molecular complexity index is 1330. The second-order valence-electron chi connectivity index (χ2n) is 8.66. The zero-order valence-electron chi connectivity index (χ0n) is 19.4. The molecule has 5 rings (SSSR count). The van der Waals surface area contributed by atoms with Crippen LogP contribution in [0.2, 0.25) is 0 Å². The first-order valence-electron chi connectivity index (χ1n) is 11.6. The number of anilines is 1. The van der Waals surface area contributed by atoms with Crippen molar-refractivity contribution in [2.75, 3.05) is 5.32 Å². The second kappa shape index (κ2) is 9.89. The lowest BCUT2D eigenvalue weighted by Crippen LogP contribution is -2.42. The van der Waals surface area contributed by atoms with E-state index < -0.39 is 0 Å². The summed E-state index contributed by atoms with van der Waals surface area (Å²) in [5.41, 5.74) is 4.36. The molecule has 1 amide bonds. The van der Waals surface area contributed by atoms with Crippen molar-refractivity contribution >= 4 is 17.4 Å². The predicted octanol–water partition coefficient (Wildman–Crippen LogP) is 5.76. The molecule has 0 fully saturated rings. The summed E-state index contributed by atoms with van der Waals surface area (Å²) in [5.74, 6) is 1.54. The number of para-hydroxylation sites is 1. The van der Waals surface area contributed by atoms with Crippen molar-refractivity contribution in [3.05, 3.63) is 119 Å². The van der Waals surface area contributed by atoms with E-state index in [0.717, 1.165) is 33.9 Å². The lowest BCUT2D eigenvalue weighted by atomic mass is 10.0. The molecule has 1 aliphatic heterocycles. The third-order valence-electron chi connectivity index (χ3n) is 5.98. The zero-order chi connectivity index (χ0) is 24.2.